The number of nitrogens with one attached hydrogen (secondary N) is 2. The number of nitrogen functional groups attached to an aromatic ring is 1. The van der Waals surface area contributed by atoms with Crippen LogP contribution in [0.15, 0.2) is 12.1 Å². The second-order valence-electron chi connectivity index (χ2n) is 5.71. The van der Waals surface area contributed by atoms with Gasteiger partial charge >= 0.3 is 0 Å². The molecular formula is C14H21N5O. The molecule has 1 amide bonds. The van der Waals surface area contributed by atoms with Gasteiger partial charge in [-0.15, -0.1) is 0 Å². The van der Waals surface area contributed by atoms with Crippen LogP contribution >= 0.6 is 0 Å². The Balaban J connectivity index is 1.62. The van der Waals surface area contributed by atoms with Crippen LogP contribution in [0.5, 0.6) is 0 Å². The molecule has 6 nitrogen and oxygen atoms in total. The Kier molecular flexibility index (Phi) is 3.58. The van der Waals surface area contributed by atoms with Crippen LogP contribution in [0.25, 0.3) is 0 Å². The number of carbonyl (C=O) groups is 1. The zero-order chi connectivity index (χ0) is 14.1. The fraction of sp³-hybridized carbons (Fsp3) is 0.571. The van der Waals surface area contributed by atoms with Crippen molar-refractivity contribution >= 4 is 11.7 Å². The molecule has 108 valence electrons. The number of hydrogen-bond donors (Lipinski definition) is 3. The van der Waals surface area contributed by atoms with Crippen molar-refractivity contribution < 1.29 is 4.79 Å². The molecule has 2 fully saturated rings. The van der Waals surface area contributed by atoms with Crippen molar-refractivity contribution in [2.45, 2.75) is 38.3 Å². The van der Waals surface area contributed by atoms with E-state index in [0.29, 0.717) is 11.4 Å². The first-order valence-corrected chi connectivity index (χ1v) is 7.16. The third kappa shape index (κ3) is 2.91. The van der Waals surface area contributed by atoms with Gasteiger partial charge in [-0.2, -0.15) is 0 Å². The van der Waals surface area contributed by atoms with E-state index in [-0.39, 0.29) is 11.9 Å². The molecule has 0 bridgehead atoms. The molecule has 1 saturated heterocycles. The largest absolute Gasteiger partial charge is 0.348 e. The maximum atomic E-state index is 12.3. The number of hydrazine groups is 1. The molecule has 2 heterocycles. The lowest BCUT2D eigenvalue weighted by Crippen LogP contribution is -2.37. The monoisotopic (exact) mass is 275 g/mol. The number of hydrogen-bond acceptors (Lipinski definition) is 5. The maximum absolute atomic E-state index is 12.3. The lowest BCUT2D eigenvalue weighted by Gasteiger charge is -2.16. The molecule has 1 aromatic heterocycles. The molecule has 1 atom stereocenters. The van der Waals surface area contributed by atoms with Gasteiger partial charge in [-0.25, -0.2) is 10.8 Å². The van der Waals surface area contributed by atoms with Crippen molar-refractivity contribution in [1.82, 2.24) is 15.2 Å². The van der Waals surface area contributed by atoms with Crippen LogP contribution in [-0.2, 0) is 0 Å². The summed E-state index contributed by atoms with van der Waals surface area (Å²) in [5.74, 6) is 5.83. The van der Waals surface area contributed by atoms with Gasteiger partial charge in [0.2, 0.25) is 0 Å². The summed E-state index contributed by atoms with van der Waals surface area (Å²) < 4.78 is 0. The van der Waals surface area contributed by atoms with E-state index >= 15 is 0 Å². The summed E-state index contributed by atoms with van der Waals surface area (Å²) in [6.45, 7) is 3.92. The number of pyridine rings is 1. The maximum Gasteiger partial charge on any atom is 0.251 e. The topological polar surface area (TPSA) is 83.3 Å². The zero-order valence-electron chi connectivity index (χ0n) is 11.7. The average Bonchev–Trinajstić information content (AvgIpc) is 3.19. The van der Waals surface area contributed by atoms with Gasteiger partial charge < -0.3 is 10.7 Å². The Morgan fingerprint density at radius 1 is 1.40 bits per heavy atom. The number of anilines is 1. The first kappa shape index (κ1) is 13.3. The molecule has 1 saturated carbocycles. The van der Waals surface area contributed by atoms with E-state index in [0.717, 1.165) is 31.2 Å². The van der Waals surface area contributed by atoms with Crippen LogP contribution in [-0.4, -0.2) is 41.0 Å². The van der Waals surface area contributed by atoms with Crippen LogP contribution in [0.4, 0.5) is 5.82 Å². The van der Waals surface area contributed by atoms with Crippen LogP contribution in [0, 0.1) is 6.92 Å². The minimum atomic E-state index is -0.0466. The molecule has 1 aliphatic heterocycles. The highest BCUT2D eigenvalue weighted by atomic mass is 16.1. The Hall–Kier alpha value is -1.66. The number of nitrogens with two attached hydrogens (primary N) is 1. The number of nitrogens with zero attached hydrogens (tertiary/aromatic N) is 2. The van der Waals surface area contributed by atoms with Gasteiger partial charge in [-0.05, 0) is 38.3 Å². The minimum absolute atomic E-state index is 0.0466. The second kappa shape index (κ2) is 5.38. The zero-order valence-corrected chi connectivity index (χ0v) is 11.7. The van der Waals surface area contributed by atoms with Gasteiger partial charge in [-0.1, -0.05) is 0 Å². The predicted octanol–water partition coefficient (Wildman–Crippen LogP) is 0.642. The quantitative estimate of drug-likeness (QED) is 0.555. The van der Waals surface area contributed by atoms with Gasteiger partial charge in [0.15, 0.2) is 0 Å². The fourth-order valence-electron chi connectivity index (χ4n) is 2.82. The minimum Gasteiger partial charge on any atom is -0.348 e. The Morgan fingerprint density at radius 3 is 2.90 bits per heavy atom. The predicted molar refractivity (Wildman–Crippen MR) is 77.3 cm³/mol. The number of likely N-dealkylation sites (tertiary alicyclic amines) is 1. The van der Waals surface area contributed by atoms with Gasteiger partial charge in [0.1, 0.15) is 5.82 Å². The molecule has 20 heavy (non-hydrogen) atoms. The number of amides is 1. The van der Waals surface area contributed by atoms with E-state index < -0.39 is 0 Å². The van der Waals surface area contributed by atoms with E-state index in [4.69, 9.17) is 5.84 Å². The molecule has 6 heteroatoms. The SMILES string of the molecule is Cc1cc(C(=O)NC2CCN(C3CC3)C2)cc(NN)n1. The molecule has 4 N–H and O–H groups in total. The first-order chi connectivity index (χ1) is 9.65. The van der Waals surface area contributed by atoms with E-state index in [2.05, 4.69) is 20.6 Å². The molecule has 0 aromatic carbocycles. The third-order valence-electron chi connectivity index (χ3n) is 3.98. The highest BCUT2D eigenvalue weighted by molar-refractivity contribution is 5.95. The highest BCUT2D eigenvalue weighted by Crippen LogP contribution is 2.29. The van der Waals surface area contributed by atoms with Crippen molar-refractivity contribution in [2.24, 2.45) is 5.84 Å². The molecule has 3 rings (SSSR count). The summed E-state index contributed by atoms with van der Waals surface area (Å²) >= 11 is 0. The van der Waals surface area contributed by atoms with Crippen molar-refractivity contribution in [3.8, 4) is 0 Å². The van der Waals surface area contributed by atoms with Crippen molar-refractivity contribution in [2.75, 3.05) is 18.5 Å². The number of aromatic nitrogens is 1. The van der Waals surface area contributed by atoms with Crippen molar-refractivity contribution in [1.29, 1.82) is 0 Å². The standard InChI is InChI=1S/C14H21N5O/c1-9-6-10(7-13(16-9)18-15)14(20)17-11-4-5-19(8-11)12-2-3-12/h6-7,11-12H,2-5,8,15H2,1H3,(H,16,18)(H,17,20). The average molecular weight is 275 g/mol. The van der Waals surface area contributed by atoms with Crippen LogP contribution in [0.3, 0.4) is 0 Å². The van der Waals surface area contributed by atoms with Crippen molar-refractivity contribution in [3.63, 3.8) is 0 Å². The first-order valence-electron chi connectivity index (χ1n) is 7.16. The van der Waals surface area contributed by atoms with Crippen molar-refractivity contribution in [3.05, 3.63) is 23.4 Å². The normalized spacial score (nSPS) is 22.8. The van der Waals surface area contributed by atoms with Gasteiger partial charge in [-0.3, -0.25) is 9.69 Å². The van der Waals surface area contributed by atoms with E-state index in [1.54, 1.807) is 12.1 Å². The number of rotatable bonds is 4. The number of aryl methyl sites for hydroxylation is 1. The molecule has 2 aliphatic rings. The Labute approximate surface area is 118 Å². The lowest BCUT2D eigenvalue weighted by molar-refractivity contribution is 0.0937. The smallest absolute Gasteiger partial charge is 0.251 e. The third-order valence-corrected chi connectivity index (χ3v) is 3.98. The molecule has 0 radical (unpaired) electrons. The molecular weight excluding hydrogens is 254 g/mol. The molecule has 1 aliphatic carbocycles. The lowest BCUT2D eigenvalue weighted by atomic mass is 10.2. The number of carbonyl (C=O) groups excluding carboxylic acids is 1. The van der Waals surface area contributed by atoms with E-state index in [1.807, 2.05) is 6.92 Å². The summed E-state index contributed by atoms with van der Waals surface area (Å²) in [5.41, 5.74) is 3.87. The summed E-state index contributed by atoms with van der Waals surface area (Å²) in [6, 6.07) is 4.48. The summed E-state index contributed by atoms with van der Waals surface area (Å²) in [6.07, 6.45) is 3.67. The summed E-state index contributed by atoms with van der Waals surface area (Å²) in [5, 5.41) is 3.11. The highest BCUT2D eigenvalue weighted by Gasteiger charge is 2.34. The van der Waals surface area contributed by atoms with Gasteiger partial charge in [0, 0.05) is 36.4 Å². The summed E-state index contributed by atoms with van der Waals surface area (Å²) in [7, 11) is 0. The van der Waals surface area contributed by atoms with Gasteiger partial charge in [0.25, 0.3) is 5.91 Å². The van der Waals surface area contributed by atoms with E-state index in [9.17, 15) is 4.79 Å². The van der Waals surface area contributed by atoms with Crippen LogP contribution in [0.2, 0.25) is 0 Å². The summed E-state index contributed by atoms with van der Waals surface area (Å²) in [4.78, 5) is 19.0. The molecule has 1 unspecified atom stereocenters. The Bertz CT molecular complexity index is 514. The Morgan fingerprint density at radius 2 is 2.20 bits per heavy atom. The fourth-order valence-corrected chi connectivity index (χ4v) is 2.82. The second-order valence-corrected chi connectivity index (χ2v) is 5.71. The molecule has 0 spiro atoms. The molecule has 1 aromatic rings. The van der Waals surface area contributed by atoms with Crippen LogP contribution in [0.1, 0.15) is 35.3 Å². The van der Waals surface area contributed by atoms with Gasteiger partial charge in [0.05, 0.1) is 0 Å². The van der Waals surface area contributed by atoms with E-state index in [1.165, 1.54) is 12.8 Å². The van der Waals surface area contributed by atoms with Crippen LogP contribution < -0.4 is 16.6 Å².